The topological polar surface area (TPSA) is 46.2 Å². The molecule has 0 spiro atoms. The molecule has 0 aromatic carbocycles. The van der Waals surface area contributed by atoms with Crippen LogP contribution in [0.5, 0.6) is 0 Å². The van der Waals surface area contributed by atoms with Gasteiger partial charge in [-0.2, -0.15) is 0 Å². The Morgan fingerprint density at radius 2 is 2.05 bits per heavy atom. The summed E-state index contributed by atoms with van der Waals surface area (Å²) in [5, 5.41) is 0. The van der Waals surface area contributed by atoms with E-state index >= 15 is 0 Å². The molecule has 1 aliphatic carbocycles. The highest BCUT2D eigenvalue weighted by molar-refractivity contribution is 9.09. The molecular formula is C12H17BrClNO2S2. The lowest BCUT2D eigenvalue weighted by Crippen LogP contribution is -2.31. The molecule has 1 fully saturated rings. The van der Waals surface area contributed by atoms with Gasteiger partial charge in [0, 0.05) is 11.4 Å². The van der Waals surface area contributed by atoms with Crippen LogP contribution in [-0.4, -0.2) is 19.8 Å². The Morgan fingerprint density at radius 1 is 1.42 bits per heavy atom. The van der Waals surface area contributed by atoms with Gasteiger partial charge in [-0.25, -0.2) is 13.1 Å². The Labute approximate surface area is 131 Å². The molecule has 1 aliphatic rings. The first-order valence-electron chi connectivity index (χ1n) is 6.28. The number of thiophene rings is 1. The maximum absolute atomic E-state index is 12.1. The zero-order valence-electron chi connectivity index (χ0n) is 10.7. The highest BCUT2D eigenvalue weighted by Crippen LogP contribution is 2.31. The van der Waals surface area contributed by atoms with Gasteiger partial charge >= 0.3 is 0 Å². The van der Waals surface area contributed by atoms with Crippen LogP contribution in [0.25, 0.3) is 0 Å². The summed E-state index contributed by atoms with van der Waals surface area (Å²) in [5.74, 6) is 0.445. The fourth-order valence-corrected chi connectivity index (χ4v) is 5.59. The van der Waals surface area contributed by atoms with E-state index in [9.17, 15) is 8.42 Å². The minimum atomic E-state index is -3.40. The molecule has 1 N–H and O–H groups in total. The van der Waals surface area contributed by atoms with E-state index in [4.69, 9.17) is 11.6 Å². The number of alkyl halides is 1. The third kappa shape index (κ3) is 4.17. The monoisotopic (exact) mass is 385 g/mol. The van der Waals surface area contributed by atoms with Gasteiger partial charge in [-0.15, -0.1) is 11.3 Å². The number of sulfonamides is 1. The first-order valence-corrected chi connectivity index (χ1v) is 9.87. The highest BCUT2D eigenvalue weighted by atomic mass is 79.9. The second-order valence-corrected chi connectivity index (χ2v) is 9.94. The van der Waals surface area contributed by atoms with Crippen LogP contribution < -0.4 is 4.72 Å². The molecule has 2 rings (SSSR count). The molecule has 0 unspecified atom stereocenters. The number of hydrogen-bond acceptors (Lipinski definition) is 3. The van der Waals surface area contributed by atoms with Gasteiger partial charge in [0.1, 0.15) is 4.21 Å². The predicted molar refractivity (Wildman–Crippen MR) is 83.9 cm³/mol. The van der Waals surface area contributed by atoms with Gasteiger partial charge < -0.3 is 0 Å². The molecule has 1 aromatic rings. The van der Waals surface area contributed by atoms with E-state index in [0.717, 1.165) is 42.6 Å². The lowest BCUT2D eigenvalue weighted by Gasteiger charge is -2.25. The third-order valence-corrected chi connectivity index (χ3v) is 7.81. The Morgan fingerprint density at radius 3 is 2.58 bits per heavy atom. The minimum Gasteiger partial charge on any atom is -0.210 e. The molecule has 0 aliphatic heterocycles. The molecule has 108 valence electrons. The maximum atomic E-state index is 12.1. The van der Waals surface area contributed by atoms with Crippen LogP contribution in [0.15, 0.2) is 10.3 Å². The Kier molecular flexibility index (Phi) is 5.34. The van der Waals surface area contributed by atoms with Crippen molar-refractivity contribution in [2.45, 2.75) is 41.6 Å². The molecule has 7 heteroatoms. The molecule has 1 heterocycles. The van der Waals surface area contributed by atoms with Crippen molar-refractivity contribution in [2.75, 3.05) is 6.54 Å². The second-order valence-electron chi connectivity index (χ2n) is 4.99. The highest BCUT2D eigenvalue weighted by Gasteiger charge is 2.23. The number of aryl methyl sites for hydroxylation is 1. The second kappa shape index (κ2) is 6.43. The summed E-state index contributed by atoms with van der Waals surface area (Å²) in [7, 11) is -3.40. The molecule has 0 atom stereocenters. The summed E-state index contributed by atoms with van der Waals surface area (Å²) < 4.78 is 27.8. The van der Waals surface area contributed by atoms with Gasteiger partial charge in [-0.05, 0) is 50.2 Å². The van der Waals surface area contributed by atoms with Crippen molar-refractivity contribution >= 4 is 48.9 Å². The summed E-state index contributed by atoms with van der Waals surface area (Å²) in [4.78, 5) is 0.596. The van der Waals surface area contributed by atoms with Crippen LogP contribution in [0.1, 0.15) is 31.2 Å². The first kappa shape index (κ1) is 15.8. The van der Waals surface area contributed by atoms with E-state index in [1.165, 1.54) is 0 Å². The van der Waals surface area contributed by atoms with Crippen molar-refractivity contribution in [3.8, 4) is 0 Å². The van der Waals surface area contributed by atoms with Crippen molar-refractivity contribution in [1.82, 2.24) is 4.72 Å². The smallest absolute Gasteiger partial charge is 0.210 e. The Balaban J connectivity index is 1.94. The van der Waals surface area contributed by atoms with E-state index in [-0.39, 0.29) is 0 Å². The number of halogens is 2. The standard InChI is InChI=1S/C12H17BrClNO2S2/c1-8-6-11(18-12(8)14)19(16,17)15-7-9-2-4-10(13)5-3-9/h6,9-10,15H,2-5,7H2,1H3. The molecule has 0 saturated heterocycles. The maximum Gasteiger partial charge on any atom is 0.250 e. The third-order valence-electron chi connectivity index (χ3n) is 3.44. The van der Waals surface area contributed by atoms with Gasteiger partial charge in [-0.1, -0.05) is 27.5 Å². The van der Waals surface area contributed by atoms with E-state index < -0.39 is 10.0 Å². The lowest BCUT2D eigenvalue weighted by molar-refractivity contribution is 0.366. The van der Waals surface area contributed by atoms with Crippen molar-refractivity contribution in [3.63, 3.8) is 0 Å². The fourth-order valence-electron chi connectivity index (χ4n) is 2.19. The lowest BCUT2D eigenvalue weighted by atomic mass is 9.89. The molecule has 1 aromatic heterocycles. The van der Waals surface area contributed by atoms with Gasteiger partial charge in [0.2, 0.25) is 10.0 Å². The van der Waals surface area contributed by atoms with Crippen molar-refractivity contribution in [1.29, 1.82) is 0 Å². The minimum absolute atomic E-state index is 0.309. The summed E-state index contributed by atoms with van der Waals surface area (Å²) in [6, 6.07) is 1.63. The predicted octanol–water partition coefficient (Wildman–Crippen LogP) is 3.94. The van der Waals surface area contributed by atoms with Gasteiger partial charge in [0.25, 0.3) is 0 Å². The Bertz CT molecular complexity index is 516. The van der Waals surface area contributed by atoms with Gasteiger partial charge in [-0.3, -0.25) is 0 Å². The van der Waals surface area contributed by atoms with E-state index in [1.54, 1.807) is 6.07 Å². The van der Waals surface area contributed by atoms with Crippen molar-refractivity contribution < 1.29 is 8.42 Å². The summed E-state index contributed by atoms with van der Waals surface area (Å²) >= 11 is 10.6. The zero-order valence-corrected chi connectivity index (χ0v) is 14.6. The zero-order chi connectivity index (χ0) is 14.0. The van der Waals surface area contributed by atoms with Crippen LogP contribution in [0, 0.1) is 12.8 Å². The summed E-state index contributed by atoms with van der Waals surface area (Å²) in [6.45, 7) is 2.34. The first-order chi connectivity index (χ1) is 8.88. The summed E-state index contributed by atoms with van der Waals surface area (Å²) in [5.41, 5.74) is 0.812. The quantitative estimate of drug-likeness (QED) is 0.797. The SMILES string of the molecule is Cc1cc(S(=O)(=O)NCC2CCC(Br)CC2)sc1Cl. The van der Waals surface area contributed by atoms with E-state index in [2.05, 4.69) is 20.7 Å². The number of nitrogens with one attached hydrogen (secondary N) is 1. The fraction of sp³-hybridized carbons (Fsp3) is 0.667. The van der Waals surface area contributed by atoms with Crippen molar-refractivity contribution in [2.24, 2.45) is 5.92 Å². The van der Waals surface area contributed by atoms with Crippen LogP contribution in [0.3, 0.4) is 0 Å². The van der Waals surface area contributed by atoms with Gasteiger partial charge in [0.15, 0.2) is 0 Å². The van der Waals surface area contributed by atoms with E-state index in [0.29, 0.717) is 25.8 Å². The van der Waals surface area contributed by atoms with Gasteiger partial charge in [0.05, 0.1) is 4.34 Å². The van der Waals surface area contributed by atoms with Crippen molar-refractivity contribution in [3.05, 3.63) is 16.0 Å². The molecule has 0 radical (unpaired) electrons. The largest absolute Gasteiger partial charge is 0.250 e. The van der Waals surface area contributed by atoms with Crippen LogP contribution in [-0.2, 0) is 10.0 Å². The summed E-state index contributed by atoms with van der Waals surface area (Å²) in [6.07, 6.45) is 4.39. The average Bonchev–Trinajstić information content (AvgIpc) is 2.70. The average molecular weight is 387 g/mol. The molecule has 3 nitrogen and oxygen atoms in total. The molecule has 0 bridgehead atoms. The number of rotatable bonds is 4. The van der Waals surface area contributed by atoms with E-state index in [1.807, 2.05) is 6.92 Å². The molecule has 1 saturated carbocycles. The number of hydrogen-bond donors (Lipinski definition) is 1. The van der Waals surface area contributed by atoms with Crippen LogP contribution >= 0.6 is 38.9 Å². The normalized spacial score (nSPS) is 24.6. The Hall–Kier alpha value is 0.380. The molecule has 0 amide bonds. The van der Waals surface area contributed by atoms with Crippen LogP contribution in [0.4, 0.5) is 0 Å². The van der Waals surface area contributed by atoms with Crippen LogP contribution in [0.2, 0.25) is 4.34 Å². The molecular weight excluding hydrogens is 370 g/mol. The molecule has 19 heavy (non-hydrogen) atoms.